The van der Waals surface area contributed by atoms with Crippen LogP contribution in [-0.2, 0) is 4.79 Å². The third kappa shape index (κ3) is 3.74. The zero-order chi connectivity index (χ0) is 18.6. The maximum absolute atomic E-state index is 12.7. The quantitative estimate of drug-likeness (QED) is 0.723. The minimum absolute atomic E-state index is 0.0186. The van der Waals surface area contributed by atoms with E-state index in [0.717, 1.165) is 42.0 Å². The molecule has 0 radical (unpaired) electrons. The molecule has 1 amide bonds. The van der Waals surface area contributed by atoms with Crippen LogP contribution in [0.15, 0.2) is 48.5 Å². The summed E-state index contributed by atoms with van der Waals surface area (Å²) in [6.45, 7) is 3.31. The molecule has 2 heterocycles. The van der Waals surface area contributed by atoms with Gasteiger partial charge in [0.15, 0.2) is 6.61 Å². The number of rotatable bonds is 6. The summed E-state index contributed by atoms with van der Waals surface area (Å²) < 4.78 is 11.1. The van der Waals surface area contributed by atoms with Crippen molar-refractivity contribution in [3.63, 3.8) is 0 Å². The van der Waals surface area contributed by atoms with Gasteiger partial charge in [-0.15, -0.1) is 0 Å². The highest BCUT2D eigenvalue weighted by molar-refractivity contribution is 5.79. The number of aromatic nitrogens is 2. The number of imidazole rings is 1. The molecule has 2 aromatic carbocycles. The van der Waals surface area contributed by atoms with Gasteiger partial charge in [0.25, 0.3) is 5.91 Å². The first-order chi connectivity index (χ1) is 13.2. The third-order valence-corrected chi connectivity index (χ3v) is 4.79. The van der Waals surface area contributed by atoms with Crippen molar-refractivity contribution in [2.75, 3.05) is 19.8 Å². The van der Waals surface area contributed by atoms with E-state index in [1.54, 1.807) is 0 Å². The number of H-pyrrole nitrogens is 1. The average Bonchev–Trinajstić information content (AvgIpc) is 3.34. The van der Waals surface area contributed by atoms with Crippen LogP contribution in [0.25, 0.3) is 11.0 Å². The summed E-state index contributed by atoms with van der Waals surface area (Å²) in [6, 6.07) is 15.2. The van der Waals surface area contributed by atoms with Crippen molar-refractivity contribution >= 4 is 16.9 Å². The summed E-state index contributed by atoms with van der Waals surface area (Å²) in [5.41, 5.74) is 1.93. The van der Waals surface area contributed by atoms with E-state index in [4.69, 9.17) is 9.47 Å². The lowest BCUT2D eigenvalue weighted by molar-refractivity contribution is -0.134. The predicted molar refractivity (Wildman–Crippen MR) is 103 cm³/mol. The van der Waals surface area contributed by atoms with Crippen LogP contribution in [0.3, 0.4) is 0 Å². The minimum atomic E-state index is -0.0214. The molecule has 0 aliphatic carbocycles. The van der Waals surface area contributed by atoms with Crippen molar-refractivity contribution in [2.45, 2.75) is 25.8 Å². The molecule has 1 aliphatic rings. The van der Waals surface area contributed by atoms with Crippen molar-refractivity contribution in [3.8, 4) is 11.5 Å². The molecular formula is C21H23N3O3. The van der Waals surface area contributed by atoms with E-state index in [1.807, 2.05) is 60.4 Å². The predicted octanol–water partition coefficient (Wildman–Crippen LogP) is 3.70. The zero-order valence-electron chi connectivity index (χ0n) is 15.4. The van der Waals surface area contributed by atoms with Crippen molar-refractivity contribution in [3.05, 3.63) is 54.4 Å². The summed E-state index contributed by atoms with van der Waals surface area (Å²) in [7, 11) is 0. The smallest absolute Gasteiger partial charge is 0.261 e. The number of nitrogens with one attached hydrogen (secondary N) is 1. The highest BCUT2D eigenvalue weighted by Crippen LogP contribution is 2.31. The van der Waals surface area contributed by atoms with Crippen LogP contribution in [0.1, 0.15) is 31.6 Å². The van der Waals surface area contributed by atoms with Crippen molar-refractivity contribution in [2.24, 2.45) is 0 Å². The molecule has 140 valence electrons. The molecule has 3 aromatic rings. The van der Waals surface area contributed by atoms with Gasteiger partial charge >= 0.3 is 0 Å². The maximum Gasteiger partial charge on any atom is 0.261 e. The highest BCUT2D eigenvalue weighted by atomic mass is 16.5. The number of hydrogen-bond acceptors (Lipinski definition) is 4. The Morgan fingerprint density at radius 3 is 2.63 bits per heavy atom. The molecule has 4 rings (SSSR count). The monoisotopic (exact) mass is 365 g/mol. The second-order valence-corrected chi connectivity index (χ2v) is 6.58. The number of carbonyl (C=O) groups excluding carboxylic acids is 1. The van der Waals surface area contributed by atoms with Crippen LogP contribution in [0.5, 0.6) is 11.5 Å². The fourth-order valence-electron chi connectivity index (χ4n) is 3.51. The largest absolute Gasteiger partial charge is 0.494 e. The molecule has 1 fully saturated rings. The van der Waals surface area contributed by atoms with Crippen molar-refractivity contribution in [1.82, 2.24) is 14.9 Å². The molecule has 1 aromatic heterocycles. The molecule has 1 aliphatic heterocycles. The van der Waals surface area contributed by atoms with E-state index < -0.39 is 0 Å². The van der Waals surface area contributed by atoms with Gasteiger partial charge in [-0.2, -0.15) is 0 Å². The first kappa shape index (κ1) is 17.4. The van der Waals surface area contributed by atoms with Gasteiger partial charge in [0, 0.05) is 6.54 Å². The SMILES string of the molecule is CCOc1ccc(OCC(=O)N2CCC[C@@H]2c2nc3ccccc3[nH]2)cc1. The van der Waals surface area contributed by atoms with Gasteiger partial charge in [0.05, 0.1) is 23.7 Å². The minimum Gasteiger partial charge on any atom is -0.494 e. The van der Waals surface area contributed by atoms with E-state index in [2.05, 4.69) is 9.97 Å². The number of aromatic amines is 1. The molecule has 0 saturated carbocycles. The standard InChI is InChI=1S/C21H23N3O3/c1-2-26-15-9-11-16(12-10-15)27-14-20(25)24-13-5-8-19(24)21-22-17-6-3-4-7-18(17)23-21/h3-4,6-7,9-12,19H,2,5,8,13-14H2,1H3,(H,22,23)/t19-/m1/s1. The first-order valence-electron chi connectivity index (χ1n) is 9.34. The molecular weight excluding hydrogens is 342 g/mol. The molecule has 27 heavy (non-hydrogen) atoms. The summed E-state index contributed by atoms with van der Waals surface area (Å²) >= 11 is 0. The highest BCUT2D eigenvalue weighted by Gasteiger charge is 2.32. The molecule has 1 N–H and O–H groups in total. The van der Waals surface area contributed by atoms with Crippen LogP contribution in [0.4, 0.5) is 0 Å². The number of likely N-dealkylation sites (tertiary alicyclic amines) is 1. The van der Waals surface area contributed by atoms with E-state index in [0.29, 0.717) is 12.4 Å². The van der Waals surface area contributed by atoms with E-state index in [-0.39, 0.29) is 18.6 Å². The first-order valence-corrected chi connectivity index (χ1v) is 9.34. The van der Waals surface area contributed by atoms with E-state index in [9.17, 15) is 4.79 Å². The summed E-state index contributed by atoms with van der Waals surface area (Å²) in [5.74, 6) is 2.28. The number of ether oxygens (including phenoxy) is 2. The van der Waals surface area contributed by atoms with Crippen molar-refractivity contribution < 1.29 is 14.3 Å². The molecule has 0 bridgehead atoms. The number of para-hydroxylation sites is 2. The van der Waals surface area contributed by atoms with Crippen LogP contribution < -0.4 is 9.47 Å². The number of amides is 1. The number of nitrogens with zero attached hydrogens (tertiary/aromatic N) is 2. The number of hydrogen-bond donors (Lipinski definition) is 1. The van der Waals surface area contributed by atoms with Gasteiger partial charge in [0.2, 0.25) is 0 Å². The fraction of sp³-hybridized carbons (Fsp3) is 0.333. The Balaban J connectivity index is 1.41. The van der Waals surface area contributed by atoms with Crippen LogP contribution >= 0.6 is 0 Å². The van der Waals surface area contributed by atoms with Gasteiger partial charge in [-0.3, -0.25) is 4.79 Å². The molecule has 0 unspecified atom stereocenters. The summed E-state index contributed by atoms with van der Waals surface area (Å²) in [6.07, 6.45) is 1.88. The summed E-state index contributed by atoms with van der Waals surface area (Å²) in [5, 5.41) is 0. The normalized spacial score (nSPS) is 16.6. The second-order valence-electron chi connectivity index (χ2n) is 6.58. The van der Waals surface area contributed by atoms with Crippen molar-refractivity contribution in [1.29, 1.82) is 0 Å². The van der Waals surface area contributed by atoms with E-state index >= 15 is 0 Å². The molecule has 0 spiro atoms. The average molecular weight is 365 g/mol. The number of fused-ring (bicyclic) bond motifs is 1. The fourth-order valence-corrected chi connectivity index (χ4v) is 3.51. The third-order valence-electron chi connectivity index (χ3n) is 4.79. The molecule has 6 nitrogen and oxygen atoms in total. The van der Waals surface area contributed by atoms with Crippen LogP contribution in [-0.4, -0.2) is 40.5 Å². The summed E-state index contributed by atoms with van der Waals surface area (Å²) in [4.78, 5) is 22.6. The van der Waals surface area contributed by atoms with Gasteiger partial charge in [-0.1, -0.05) is 12.1 Å². The molecule has 1 saturated heterocycles. The Morgan fingerprint density at radius 2 is 1.89 bits per heavy atom. The lowest BCUT2D eigenvalue weighted by Gasteiger charge is -2.23. The van der Waals surface area contributed by atoms with Gasteiger partial charge in [-0.05, 0) is 56.2 Å². The topological polar surface area (TPSA) is 67.5 Å². The lowest BCUT2D eigenvalue weighted by Crippen LogP contribution is -2.34. The van der Waals surface area contributed by atoms with Gasteiger partial charge in [-0.25, -0.2) is 4.98 Å². The van der Waals surface area contributed by atoms with Crippen LogP contribution in [0.2, 0.25) is 0 Å². The Labute approximate surface area is 158 Å². The number of carbonyl (C=O) groups is 1. The second kappa shape index (κ2) is 7.70. The maximum atomic E-state index is 12.7. The van der Waals surface area contributed by atoms with Gasteiger partial charge < -0.3 is 19.4 Å². The molecule has 6 heteroatoms. The Hall–Kier alpha value is -3.02. The Bertz CT molecular complexity index is 887. The lowest BCUT2D eigenvalue weighted by atomic mass is 10.2. The zero-order valence-corrected chi connectivity index (χ0v) is 15.4. The number of benzene rings is 2. The van der Waals surface area contributed by atoms with Crippen LogP contribution in [0, 0.1) is 0 Å². The van der Waals surface area contributed by atoms with E-state index in [1.165, 1.54) is 0 Å². The van der Waals surface area contributed by atoms with Gasteiger partial charge in [0.1, 0.15) is 17.3 Å². The Kier molecular flexibility index (Phi) is 4.96. The molecule has 1 atom stereocenters. The Morgan fingerprint density at radius 1 is 1.15 bits per heavy atom.